The van der Waals surface area contributed by atoms with Gasteiger partial charge in [-0.1, -0.05) is 42.5 Å². The van der Waals surface area contributed by atoms with Gasteiger partial charge in [0.2, 0.25) is 15.9 Å². The van der Waals surface area contributed by atoms with E-state index in [0.717, 1.165) is 18.5 Å². The maximum Gasteiger partial charge on any atom is 0.232 e. The highest BCUT2D eigenvalue weighted by molar-refractivity contribution is 7.92. The Morgan fingerprint density at radius 3 is 2.44 bits per heavy atom. The van der Waals surface area contributed by atoms with Gasteiger partial charge in [0.15, 0.2) is 0 Å². The molecule has 1 heterocycles. The number of amides is 1. The molecule has 3 rings (SSSR count). The number of carbonyl (C=O) groups is 1. The smallest absolute Gasteiger partial charge is 0.232 e. The van der Waals surface area contributed by atoms with Crippen LogP contribution in [0.5, 0.6) is 0 Å². The number of benzene rings is 2. The number of sulfonamides is 1. The summed E-state index contributed by atoms with van der Waals surface area (Å²) in [6.45, 7) is 3.57. The third-order valence-electron chi connectivity index (χ3n) is 5.02. The summed E-state index contributed by atoms with van der Waals surface area (Å²) in [6, 6.07) is 15.6. The van der Waals surface area contributed by atoms with Crippen LogP contribution in [0.3, 0.4) is 0 Å². The van der Waals surface area contributed by atoms with Crippen LogP contribution in [-0.2, 0) is 27.8 Å². The van der Waals surface area contributed by atoms with Gasteiger partial charge < -0.3 is 4.90 Å². The average molecular weight is 387 g/mol. The summed E-state index contributed by atoms with van der Waals surface area (Å²) >= 11 is 0. The topological polar surface area (TPSA) is 57.7 Å². The number of rotatable bonds is 6. The molecule has 2 aromatic carbocycles. The Morgan fingerprint density at radius 2 is 1.74 bits per heavy atom. The Hall–Kier alpha value is -2.34. The number of fused-ring (bicyclic) bond motifs is 1. The molecular weight excluding hydrogens is 360 g/mol. The standard InChI is InChI=1S/C21H26N2O3S/c1-17-8-3-6-11-20(17)23(27(2,25)26)14-7-12-21(24)22-15-13-18-9-4-5-10-19(18)16-22/h3-6,8-11H,7,12-16H2,1-2H3. The van der Waals surface area contributed by atoms with Crippen LogP contribution in [0.15, 0.2) is 48.5 Å². The molecule has 0 spiro atoms. The third-order valence-corrected chi connectivity index (χ3v) is 6.20. The highest BCUT2D eigenvalue weighted by Crippen LogP contribution is 2.23. The highest BCUT2D eigenvalue weighted by atomic mass is 32.2. The normalized spacial score (nSPS) is 13.9. The Morgan fingerprint density at radius 1 is 1.07 bits per heavy atom. The second kappa shape index (κ2) is 8.13. The summed E-state index contributed by atoms with van der Waals surface area (Å²) in [5.74, 6) is 0.0859. The molecule has 2 aromatic rings. The van der Waals surface area contributed by atoms with Crippen molar-refractivity contribution in [3.63, 3.8) is 0 Å². The molecule has 1 aliphatic heterocycles. The van der Waals surface area contributed by atoms with Gasteiger partial charge in [0, 0.05) is 26.1 Å². The number of anilines is 1. The molecule has 1 aliphatic rings. The minimum atomic E-state index is -3.39. The van der Waals surface area contributed by atoms with Gasteiger partial charge in [-0.3, -0.25) is 9.10 Å². The van der Waals surface area contributed by atoms with Crippen LogP contribution in [0.2, 0.25) is 0 Å². The van der Waals surface area contributed by atoms with Crippen LogP contribution in [0.25, 0.3) is 0 Å². The number of aryl methyl sites for hydroxylation is 1. The fraction of sp³-hybridized carbons (Fsp3) is 0.381. The van der Waals surface area contributed by atoms with Crippen molar-refractivity contribution < 1.29 is 13.2 Å². The SMILES string of the molecule is Cc1ccccc1N(CCCC(=O)N1CCc2ccccc2C1)S(C)(=O)=O. The van der Waals surface area contributed by atoms with Crippen LogP contribution in [0, 0.1) is 6.92 Å². The van der Waals surface area contributed by atoms with Gasteiger partial charge in [-0.05, 0) is 42.5 Å². The van der Waals surface area contributed by atoms with Crippen molar-refractivity contribution >= 4 is 21.6 Å². The summed E-state index contributed by atoms with van der Waals surface area (Å²) in [5, 5.41) is 0. The van der Waals surface area contributed by atoms with Crippen molar-refractivity contribution in [3.05, 3.63) is 65.2 Å². The Kier molecular flexibility index (Phi) is 5.85. The number of carbonyl (C=O) groups excluding carboxylic acids is 1. The van der Waals surface area contributed by atoms with E-state index in [1.54, 1.807) is 6.07 Å². The van der Waals surface area contributed by atoms with E-state index < -0.39 is 10.0 Å². The van der Waals surface area contributed by atoms with Gasteiger partial charge >= 0.3 is 0 Å². The molecule has 27 heavy (non-hydrogen) atoms. The average Bonchev–Trinajstić information content (AvgIpc) is 2.64. The van der Waals surface area contributed by atoms with Crippen LogP contribution >= 0.6 is 0 Å². The quantitative estimate of drug-likeness (QED) is 0.766. The molecule has 0 atom stereocenters. The summed E-state index contributed by atoms with van der Waals surface area (Å²) in [5.41, 5.74) is 4.10. The first-order chi connectivity index (χ1) is 12.9. The van der Waals surface area contributed by atoms with Crippen molar-refractivity contribution in [3.8, 4) is 0 Å². The first kappa shape index (κ1) is 19.4. The van der Waals surface area contributed by atoms with Gasteiger partial charge in [-0.25, -0.2) is 8.42 Å². The van der Waals surface area contributed by atoms with E-state index in [0.29, 0.717) is 31.6 Å². The molecule has 1 amide bonds. The zero-order valence-corrected chi connectivity index (χ0v) is 16.7. The molecule has 5 nitrogen and oxygen atoms in total. The second-order valence-electron chi connectivity index (χ2n) is 7.06. The summed E-state index contributed by atoms with van der Waals surface area (Å²) < 4.78 is 25.9. The minimum absolute atomic E-state index is 0.0859. The van der Waals surface area contributed by atoms with E-state index in [1.807, 2.05) is 42.2 Å². The van der Waals surface area contributed by atoms with E-state index in [2.05, 4.69) is 12.1 Å². The highest BCUT2D eigenvalue weighted by Gasteiger charge is 2.22. The number of nitrogens with zero attached hydrogens (tertiary/aromatic N) is 2. The first-order valence-corrected chi connectivity index (χ1v) is 11.1. The largest absolute Gasteiger partial charge is 0.338 e. The summed E-state index contributed by atoms with van der Waals surface area (Å²) in [6.07, 6.45) is 2.93. The fourth-order valence-corrected chi connectivity index (χ4v) is 4.57. The predicted molar refractivity (Wildman–Crippen MR) is 108 cm³/mol. The Balaban J connectivity index is 1.61. The number of para-hydroxylation sites is 1. The zero-order chi connectivity index (χ0) is 19.4. The van der Waals surface area contributed by atoms with E-state index in [9.17, 15) is 13.2 Å². The predicted octanol–water partition coefficient (Wildman–Crippen LogP) is 3.13. The molecule has 0 aliphatic carbocycles. The van der Waals surface area contributed by atoms with E-state index in [1.165, 1.54) is 21.7 Å². The van der Waals surface area contributed by atoms with Crippen molar-refractivity contribution in [1.29, 1.82) is 0 Å². The number of hydrogen-bond acceptors (Lipinski definition) is 3. The van der Waals surface area contributed by atoms with Crippen molar-refractivity contribution in [2.24, 2.45) is 0 Å². The summed E-state index contributed by atoms with van der Waals surface area (Å²) in [4.78, 5) is 14.5. The van der Waals surface area contributed by atoms with E-state index >= 15 is 0 Å². The van der Waals surface area contributed by atoms with Crippen LogP contribution in [0.1, 0.15) is 29.5 Å². The number of hydrogen-bond donors (Lipinski definition) is 0. The zero-order valence-electron chi connectivity index (χ0n) is 15.9. The van der Waals surface area contributed by atoms with Crippen LogP contribution in [0.4, 0.5) is 5.69 Å². The molecule has 0 N–H and O–H groups in total. The van der Waals surface area contributed by atoms with Crippen molar-refractivity contribution in [2.75, 3.05) is 23.7 Å². The Labute approximate surface area is 161 Å². The Bertz CT molecular complexity index is 925. The van der Waals surface area contributed by atoms with Gasteiger partial charge in [-0.15, -0.1) is 0 Å². The lowest BCUT2D eigenvalue weighted by Crippen LogP contribution is -2.37. The van der Waals surface area contributed by atoms with Gasteiger partial charge in [0.1, 0.15) is 0 Å². The molecule has 0 saturated carbocycles. The van der Waals surface area contributed by atoms with Crippen LogP contribution in [-0.4, -0.2) is 38.6 Å². The van der Waals surface area contributed by atoms with Gasteiger partial charge in [0.25, 0.3) is 0 Å². The molecule has 0 aromatic heterocycles. The molecule has 0 fully saturated rings. The maximum atomic E-state index is 12.6. The monoisotopic (exact) mass is 386 g/mol. The van der Waals surface area contributed by atoms with Crippen molar-refractivity contribution in [1.82, 2.24) is 4.90 Å². The fourth-order valence-electron chi connectivity index (χ4n) is 3.55. The lowest BCUT2D eigenvalue weighted by Gasteiger charge is -2.29. The lowest BCUT2D eigenvalue weighted by atomic mass is 9.99. The molecule has 0 saturated heterocycles. The molecule has 0 unspecified atom stereocenters. The maximum absolute atomic E-state index is 12.6. The molecule has 0 radical (unpaired) electrons. The van der Waals surface area contributed by atoms with Gasteiger partial charge in [0.05, 0.1) is 11.9 Å². The molecular formula is C21H26N2O3S. The first-order valence-electron chi connectivity index (χ1n) is 9.24. The minimum Gasteiger partial charge on any atom is -0.338 e. The van der Waals surface area contributed by atoms with E-state index in [4.69, 9.17) is 0 Å². The van der Waals surface area contributed by atoms with Crippen LogP contribution < -0.4 is 4.31 Å². The molecule has 144 valence electrons. The second-order valence-corrected chi connectivity index (χ2v) is 8.97. The summed E-state index contributed by atoms with van der Waals surface area (Å²) in [7, 11) is -3.39. The third kappa shape index (κ3) is 4.69. The van der Waals surface area contributed by atoms with Crippen molar-refractivity contribution in [2.45, 2.75) is 32.7 Å². The molecule has 6 heteroatoms. The lowest BCUT2D eigenvalue weighted by molar-refractivity contribution is -0.132. The van der Waals surface area contributed by atoms with E-state index in [-0.39, 0.29) is 5.91 Å². The van der Waals surface area contributed by atoms with Gasteiger partial charge in [-0.2, -0.15) is 0 Å². The molecule has 0 bridgehead atoms.